The zero-order valence-corrected chi connectivity index (χ0v) is 11.2. The van der Waals surface area contributed by atoms with Crippen molar-refractivity contribution in [1.82, 2.24) is 10.3 Å². The van der Waals surface area contributed by atoms with Gasteiger partial charge < -0.3 is 5.32 Å². The monoisotopic (exact) mass is 226 g/mol. The minimum atomic E-state index is 0.180. The molecular formula is C12H22N2S. The lowest BCUT2D eigenvalue weighted by Gasteiger charge is -2.13. The molecule has 1 rings (SSSR count). The maximum Gasteiger partial charge on any atom is 0.0981 e. The Morgan fingerprint density at radius 1 is 1.47 bits per heavy atom. The third-order valence-corrected chi connectivity index (χ3v) is 3.86. The molecule has 0 saturated carbocycles. The van der Waals surface area contributed by atoms with Crippen LogP contribution in [0.4, 0.5) is 0 Å². The molecule has 15 heavy (non-hydrogen) atoms. The summed E-state index contributed by atoms with van der Waals surface area (Å²) >= 11 is 1.82. The first-order chi connectivity index (χ1) is 6.93. The molecule has 0 spiro atoms. The molecule has 1 atom stereocenters. The third-order valence-electron chi connectivity index (χ3n) is 2.43. The minimum absolute atomic E-state index is 0.180. The number of hydrogen-bond donors (Lipinski definition) is 1. The summed E-state index contributed by atoms with van der Waals surface area (Å²) in [6.07, 6.45) is 3.17. The highest BCUT2D eigenvalue weighted by Crippen LogP contribution is 2.26. The third kappa shape index (κ3) is 3.92. The maximum atomic E-state index is 4.47. The van der Waals surface area contributed by atoms with Crippen LogP contribution < -0.4 is 5.32 Å². The van der Waals surface area contributed by atoms with E-state index in [1.54, 1.807) is 0 Å². The molecule has 86 valence electrons. The van der Waals surface area contributed by atoms with Gasteiger partial charge in [0, 0.05) is 29.1 Å². The topological polar surface area (TPSA) is 24.9 Å². The zero-order chi connectivity index (χ0) is 11.5. The average molecular weight is 226 g/mol. The maximum absolute atomic E-state index is 4.47. The molecule has 0 aliphatic rings. The van der Waals surface area contributed by atoms with Gasteiger partial charge in [-0.3, -0.25) is 0 Å². The van der Waals surface area contributed by atoms with Crippen molar-refractivity contribution >= 4 is 11.3 Å². The van der Waals surface area contributed by atoms with Gasteiger partial charge >= 0.3 is 0 Å². The fourth-order valence-corrected chi connectivity index (χ4v) is 2.08. The quantitative estimate of drug-likeness (QED) is 0.852. The molecular weight excluding hydrogens is 204 g/mol. The summed E-state index contributed by atoms with van der Waals surface area (Å²) in [6, 6.07) is 0.588. The second-order valence-electron chi connectivity index (χ2n) is 5.07. The van der Waals surface area contributed by atoms with Crippen molar-refractivity contribution in [3.8, 4) is 0 Å². The fourth-order valence-electron chi connectivity index (χ4n) is 1.16. The summed E-state index contributed by atoms with van der Waals surface area (Å²) in [4.78, 5) is 5.80. The molecule has 0 aromatic carbocycles. The molecule has 1 aromatic rings. The smallest absolute Gasteiger partial charge is 0.0981 e. The van der Waals surface area contributed by atoms with E-state index < -0.39 is 0 Å². The highest BCUT2D eigenvalue weighted by molar-refractivity contribution is 7.11. The fraction of sp³-hybridized carbons (Fsp3) is 0.750. The van der Waals surface area contributed by atoms with Gasteiger partial charge in [-0.15, -0.1) is 11.3 Å². The lowest BCUT2D eigenvalue weighted by atomic mass is 9.98. The lowest BCUT2D eigenvalue weighted by molar-refractivity contribution is 0.537. The largest absolute Gasteiger partial charge is 0.309 e. The number of nitrogens with one attached hydrogen (secondary N) is 1. The van der Waals surface area contributed by atoms with Crippen LogP contribution in [0.15, 0.2) is 6.20 Å². The van der Waals surface area contributed by atoms with Gasteiger partial charge in [0.05, 0.1) is 5.01 Å². The van der Waals surface area contributed by atoms with Crippen LogP contribution in [0.2, 0.25) is 0 Å². The van der Waals surface area contributed by atoms with E-state index in [4.69, 9.17) is 0 Å². The first kappa shape index (κ1) is 12.7. The summed E-state index contributed by atoms with van der Waals surface area (Å²) < 4.78 is 0. The van der Waals surface area contributed by atoms with Crippen LogP contribution in [-0.4, -0.2) is 11.0 Å². The predicted octanol–water partition coefficient (Wildman–Crippen LogP) is 3.33. The number of hydrogen-bond acceptors (Lipinski definition) is 3. The first-order valence-corrected chi connectivity index (χ1v) is 6.43. The van der Waals surface area contributed by atoms with Gasteiger partial charge in [0.25, 0.3) is 0 Å². The Labute approximate surface area is 97.1 Å². The molecule has 0 bridgehead atoms. The Kier molecular flexibility index (Phi) is 4.29. The summed E-state index contributed by atoms with van der Waals surface area (Å²) in [5.41, 5.74) is 0.180. The predicted molar refractivity (Wildman–Crippen MR) is 67.4 cm³/mol. The Hall–Kier alpha value is -0.410. The Balaban J connectivity index is 2.54. The molecule has 3 heteroatoms. The average Bonchev–Trinajstić information content (AvgIpc) is 2.61. The Morgan fingerprint density at radius 2 is 2.13 bits per heavy atom. The van der Waals surface area contributed by atoms with Crippen LogP contribution in [0, 0.1) is 0 Å². The second kappa shape index (κ2) is 5.08. The SMILES string of the molecule is CCC(C)NCc1cnc(C(C)(C)C)s1. The highest BCUT2D eigenvalue weighted by Gasteiger charge is 2.17. The van der Waals surface area contributed by atoms with E-state index in [0.29, 0.717) is 6.04 Å². The van der Waals surface area contributed by atoms with Gasteiger partial charge in [-0.1, -0.05) is 27.7 Å². The molecule has 0 saturated heterocycles. The summed E-state index contributed by atoms with van der Waals surface area (Å²) in [5, 5.41) is 4.71. The summed E-state index contributed by atoms with van der Waals surface area (Å²) in [6.45, 7) is 12.0. The molecule has 0 aliphatic heterocycles. The van der Waals surface area contributed by atoms with Gasteiger partial charge in [0.2, 0.25) is 0 Å². The molecule has 2 nitrogen and oxygen atoms in total. The van der Waals surface area contributed by atoms with Gasteiger partial charge in [-0.05, 0) is 13.3 Å². The van der Waals surface area contributed by atoms with Gasteiger partial charge in [0.1, 0.15) is 0 Å². The van der Waals surface area contributed by atoms with E-state index in [2.05, 4.69) is 44.9 Å². The van der Waals surface area contributed by atoms with Gasteiger partial charge in [-0.2, -0.15) is 0 Å². The first-order valence-electron chi connectivity index (χ1n) is 5.62. The van der Waals surface area contributed by atoms with Crippen molar-refractivity contribution in [2.45, 2.75) is 59.0 Å². The standard InChI is InChI=1S/C12H22N2S/c1-6-9(2)13-7-10-8-14-11(15-10)12(3,4)5/h8-9,13H,6-7H2,1-5H3. The van der Waals surface area contributed by atoms with Crippen molar-refractivity contribution in [1.29, 1.82) is 0 Å². The Bertz CT molecular complexity index is 299. The highest BCUT2D eigenvalue weighted by atomic mass is 32.1. The minimum Gasteiger partial charge on any atom is -0.309 e. The molecule has 0 fully saturated rings. The Morgan fingerprint density at radius 3 is 2.60 bits per heavy atom. The summed E-state index contributed by atoms with van der Waals surface area (Å²) in [7, 11) is 0. The summed E-state index contributed by atoms with van der Waals surface area (Å²) in [5.74, 6) is 0. The van der Waals surface area contributed by atoms with E-state index >= 15 is 0 Å². The lowest BCUT2D eigenvalue weighted by Crippen LogP contribution is -2.23. The number of rotatable bonds is 4. The second-order valence-corrected chi connectivity index (χ2v) is 6.19. The van der Waals surface area contributed by atoms with Crippen molar-refractivity contribution in [2.75, 3.05) is 0 Å². The van der Waals surface area contributed by atoms with Crippen LogP contribution in [0.5, 0.6) is 0 Å². The van der Waals surface area contributed by atoms with Gasteiger partial charge in [-0.25, -0.2) is 4.98 Å². The van der Waals surface area contributed by atoms with E-state index in [-0.39, 0.29) is 5.41 Å². The number of nitrogens with zero attached hydrogens (tertiary/aromatic N) is 1. The van der Waals surface area contributed by atoms with Crippen LogP contribution in [0.25, 0.3) is 0 Å². The molecule has 1 heterocycles. The van der Waals surface area contributed by atoms with E-state index in [0.717, 1.165) is 6.54 Å². The van der Waals surface area contributed by atoms with Crippen molar-refractivity contribution in [3.63, 3.8) is 0 Å². The molecule has 0 radical (unpaired) electrons. The van der Waals surface area contributed by atoms with Crippen LogP contribution in [0.1, 0.15) is 50.9 Å². The van der Waals surface area contributed by atoms with Crippen LogP contribution in [0.3, 0.4) is 0 Å². The molecule has 1 N–H and O–H groups in total. The zero-order valence-electron chi connectivity index (χ0n) is 10.4. The molecule has 0 amide bonds. The van der Waals surface area contributed by atoms with Crippen molar-refractivity contribution in [2.24, 2.45) is 0 Å². The van der Waals surface area contributed by atoms with Crippen LogP contribution >= 0.6 is 11.3 Å². The normalized spacial score (nSPS) is 14.2. The molecule has 1 unspecified atom stereocenters. The van der Waals surface area contributed by atoms with Gasteiger partial charge in [0.15, 0.2) is 0 Å². The molecule has 1 aromatic heterocycles. The number of thiazole rings is 1. The van der Waals surface area contributed by atoms with E-state index in [1.807, 2.05) is 17.5 Å². The van der Waals surface area contributed by atoms with Crippen LogP contribution in [-0.2, 0) is 12.0 Å². The van der Waals surface area contributed by atoms with Crippen molar-refractivity contribution < 1.29 is 0 Å². The molecule has 0 aliphatic carbocycles. The van der Waals surface area contributed by atoms with E-state index in [9.17, 15) is 0 Å². The van der Waals surface area contributed by atoms with E-state index in [1.165, 1.54) is 16.3 Å². The number of aromatic nitrogens is 1. The van der Waals surface area contributed by atoms with Crippen molar-refractivity contribution in [3.05, 3.63) is 16.1 Å².